The van der Waals surface area contributed by atoms with Crippen LogP contribution in [0.5, 0.6) is 0 Å². The Labute approximate surface area is 142 Å². The van der Waals surface area contributed by atoms with Crippen LogP contribution >= 0.6 is 0 Å². The molecule has 0 aromatic heterocycles. The summed E-state index contributed by atoms with van der Waals surface area (Å²) in [5.74, 6) is 0. The maximum Gasteiger partial charge on any atom is 0.322 e. The fourth-order valence-corrected chi connectivity index (χ4v) is 3.69. The van der Waals surface area contributed by atoms with E-state index < -0.39 is 0 Å². The summed E-state index contributed by atoms with van der Waals surface area (Å²) in [5.41, 5.74) is 3.50. The Kier molecular flexibility index (Phi) is 4.58. The first-order chi connectivity index (χ1) is 11.8. The Morgan fingerprint density at radius 2 is 1.79 bits per heavy atom. The van der Waals surface area contributed by atoms with Crippen LogP contribution in [0.3, 0.4) is 0 Å². The minimum absolute atomic E-state index is 0.0276. The van der Waals surface area contributed by atoms with Crippen molar-refractivity contribution in [3.05, 3.63) is 23.8 Å². The Hall–Kier alpha value is -1.79. The summed E-state index contributed by atoms with van der Waals surface area (Å²) in [6.07, 6.45) is 2.74. The monoisotopic (exact) mass is 331 g/mol. The zero-order valence-electron chi connectivity index (χ0n) is 14.0. The van der Waals surface area contributed by atoms with Crippen molar-refractivity contribution in [1.29, 1.82) is 0 Å². The third kappa shape index (κ3) is 3.21. The van der Waals surface area contributed by atoms with Crippen molar-refractivity contribution in [2.45, 2.75) is 25.3 Å². The lowest BCUT2D eigenvalue weighted by Gasteiger charge is -2.30. The lowest BCUT2D eigenvalue weighted by Crippen LogP contribution is -2.46. The van der Waals surface area contributed by atoms with Crippen molar-refractivity contribution in [3.8, 4) is 0 Å². The first-order valence-corrected chi connectivity index (χ1v) is 8.93. The zero-order valence-corrected chi connectivity index (χ0v) is 14.0. The number of nitrogens with zero attached hydrogens (tertiary/aromatic N) is 2. The van der Waals surface area contributed by atoms with Crippen molar-refractivity contribution in [2.75, 3.05) is 55.9 Å². The van der Waals surface area contributed by atoms with Crippen LogP contribution < -0.4 is 15.1 Å². The van der Waals surface area contributed by atoms with E-state index in [4.69, 9.17) is 9.47 Å². The summed E-state index contributed by atoms with van der Waals surface area (Å²) >= 11 is 0. The Morgan fingerprint density at radius 3 is 2.58 bits per heavy atom. The summed E-state index contributed by atoms with van der Waals surface area (Å²) in [6, 6.07) is 6.76. The van der Waals surface area contributed by atoms with Crippen LogP contribution in [0.2, 0.25) is 0 Å². The number of morpholine rings is 1. The van der Waals surface area contributed by atoms with E-state index in [0.29, 0.717) is 0 Å². The van der Waals surface area contributed by atoms with Crippen LogP contribution in [-0.4, -0.2) is 58.1 Å². The molecule has 0 bridgehead atoms. The molecule has 3 aliphatic rings. The van der Waals surface area contributed by atoms with Gasteiger partial charge < -0.3 is 19.7 Å². The van der Waals surface area contributed by atoms with Crippen LogP contribution in [-0.2, 0) is 15.9 Å². The molecular weight excluding hydrogens is 306 g/mol. The van der Waals surface area contributed by atoms with Gasteiger partial charge in [0.2, 0.25) is 0 Å². The number of carbonyl (C=O) groups is 1. The predicted molar refractivity (Wildman–Crippen MR) is 92.9 cm³/mol. The van der Waals surface area contributed by atoms with E-state index in [1.54, 1.807) is 0 Å². The molecule has 0 aliphatic carbocycles. The second kappa shape index (κ2) is 6.99. The third-order valence-electron chi connectivity index (χ3n) is 5.13. The van der Waals surface area contributed by atoms with E-state index in [2.05, 4.69) is 28.4 Å². The molecule has 1 aromatic carbocycles. The van der Waals surface area contributed by atoms with Crippen molar-refractivity contribution < 1.29 is 14.3 Å². The van der Waals surface area contributed by atoms with Crippen molar-refractivity contribution in [3.63, 3.8) is 0 Å². The molecule has 0 saturated carbocycles. The number of hydrogen-bond donors (Lipinski definition) is 1. The van der Waals surface area contributed by atoms with Gasteiger partial charge in [-0.1, -0.05) is 6.07 Å². The first-order valence-electron chi connectivity index (χ1n) is 8.93. The molecule has 0 spiro atoms. The van der Waals surface area contributed by atoms with Crippen molar-refractivity contribution in [2.24, 2.45) is 0 Å². The summed E-state index contributed by atoms with van der Waals surface area (Å²) in [6.45, 7) is 5.60. The number of fused-ring (bicyclic) bond motifs is 1. The molecule has 1 N–H and O–H groups in total. The van der Waals surface area contributed by atoms with Crippen LogP contribution in [0.25, 0.3) is 0 Å². The SMILES string of the molecule is O=C(NC1CCOCC1)N1CCc2ccc(N3CCOCC3)cc21. The molecule has 0 atom stereocenters. The van der Waals surface area contributed by atoms with E-state index in [0.717, 1.165) is 71.0 Å². The number of ether oxygens (including phenoxy) is 2. The molecule has 3 heterocycles. The number of hydrogen-bond acceptors (Lipinski definition) is 4. The minimum atomic E-state index is 0.0276. The van der Waals surface area contributed by atoms with Gasteiger partial charge in [0.15, 0.2) is 0 Å². The molecule has 3 aliphatic heterocycles. The highest BCUT2D eigenvalue weighted by Crippen LogP contribution is 2.32. The van der Waals surface area contributed by atoms with Gasteiger partial charge in [0, 0.05) is 44.6 Å². The van der Waals surface area contributed by atoms with E-state index in [-0.39, 0.29) is 12.1 Å². The van der Waals surface area contributed by atoms with E-state index in [1.165, 1.54) is 11.3 Å². The molecule has 1 aromatic rings. The average Bonchev–Trinajstić information content (AvgIpc) is 3.06. The number of anilines is 2. The highest BCUT2D eigenvalue weighted by molar-refractivity contribution is 5.95. The number of amides is 2. The van der Waals surface area contributed by atoms with Gasteiger partial charge in [-0.2, -0.15) is 0 Å². The van der Waals surface area contributed by atoms with Crippen molar-refractivity contribution >= 4 is 17.4 Å². The second-order valence-corrected chi connectivity index (χ2v) is 6.65. The number of benzene rings is 1. The van der Waals surface area contributed by atoms with E-state index in [9.17, 15) is 4.79 Å². The maximum atomic E-state index is 12.7. The highest BCUT2D eigenvalue weighted by atomic mass is 16.5. The second-order valence-electron chi connectivity index (χ2n) is 6.65. The lowest BCUT2D eigenvalue weighted by molar-refractivity contribution is 0.0804. The molecule has 2 fully saturated rings. The van der Waals surface area contributed by atoms with E-state index in [1.807, 2.05) is 4.90 Å². The Bertz CT molecular complexity index is 595. The smallest absolute Gasteiger partial charge is 0.322 e. The molecule has 6 heteroatoms. The number of carbonyl (C=O) groups excluding carboxylic acids is 1. The summed E-state index contributed by atoms with van der Waals surface area (Å²) in [5, 5.41) is 3.17. The lowest BCUT2D eigenvalue weighted by atomic mass is 10.1. The average molecular weight is 331 g/mol. The Morgan fingerprint density at radius 1 is 1.04 bits per heavy atom. The molecule has 4 rings (SSSR count). The molecule has 2 saturated heterocycles. The largest absolute Gasteiger partial charge is 0.381 e. The molecule has 2 amide bonds. The van der Waals surface area contributed by atoms with Crippen LogP contribution in [0.1, 0.15) is 18.4 Å². The normalized spacial score (nSPS) is 21.7. The summed E-state index contributed by atoms with van der Waals surface area (Å²) < 4.78 is 10.8. The van der Waals surface area contributed by atoms with Gasteiger partial charge in [-0.3, -0.25) is 4.90 Å². The number of rotatable bonds is 2. The molecule has 0 radical (unpaired) electrons. The zero-order chi connectivity index (χ0) is 16.4. The molecular formula is C18H25N3O3. The van der Waals surface area contributed by atoms with E-state index >= 15 is 0 Å². The van der Waals surface area contributed by atoms with Gasteiger partial charge in [-0.05, 0) is 37.0 Å². The van der Waals surface area contributed by atoms with Crippen molar-refractivity contribution in [1.82, 2.24) is 5.32 Å². The molecule has 130 valence electrons. The van der Waals surface area contributed by atoms with Crippen LogP contribution in [0, 0.1) is 0 Å². The molecule has 0 unspecified atom stereocenters. The number of nitrogens with one attached hydrogen (secondary N) is 1. The predicted octanol–water partition coefficient (Wildman–Crippen LogP) is 1.77. The quantitative estimate of drug-likeness (QED) is 0.897. The van der Waals surface area contributed by atoms with Gasteiger partial charge in [-0.25, -0.2) is 4.79 Å². The maximum absolute atomic E-state index is 12.7. The minimum Gasteiger partial charge on any atom is -0.381 e. The number of urea groups is 1. The van der Waals surface area contributed by atoms with Gasteiger partial charge in [-0.15, -0.1) is 0 Å². The standard InChI is InChI=1S/C18H25N3O3/c22-18(19-15-4-9-23-10-5-15)21-6-3-14-1-2-16(13-17(14)21)20-7-11-24-12-8-20/h1-2,13,15H,3-12H2,(H,19,22). The topological polar surface area (TPSA) is 54.0 Å². The fraction of sp³-hybridized carbons (Fsp3) is 0.611. The van der Waals surface area contributed by atoms with Gasteiger partial charge in [0.25, 0.3) is 0 Å². The fourth-order valence-electron chi connectivity index (χ4n) is 3.69. The van der Waals surface area contributed by atoms with Gasteiger partial charge in [0.05, 0.1) is 18.9 Å². The third-order valence-corrected chi connectivity index (χ3v) is 5.13. The van der Waals surface area contributed by atoms with Gasteiger partial charge >= 0.3 is 6.03 Å². The molecule has 6 nitrogen and oxygen atoms in total. The van der Waals surface area contributed by atoms with Crippen LogP contribution in [0.15, 0.2) is 18.2 Å². The summed E-state index contributed by atoms with van der Waals surface area (Å²) in [4.78, 5) is 16.9. The van der Waals surface area contributed by atoms with Crippen LogP contribution in [0.4, 0.5) is 16.2 Å². The summed E-state index contributed by atoms with van der Waals surface area (Å²) in [7, 11) is 0. The molecule has 24 heavy (non-hydrogen) atoms. The first kappa shape index (κ1) is 15.7. The Balaban J connectivity index is 1.48. The van der Waals surface area contributed by atoms with Gasteiger partial charge in [0.1, 0.15) is 0 Å². The highest BCUT2D eigenvalue weighted by Gasteiger charge is 2.27.